The van der Waals surface area contributed by atoms with E-state index >= 15 is 0 Å². The first-order chi connectivity index (χ1) is 9.58. The number of carboxylic acids is 1. The van der Waals surface area contributed by atoms with E-state index in [1.165, 1.54) is 6.42 Å². The fraction of sp³-hybridized carbons (Fsp3) is 0.857. The molecule has 0 spiro atoms. The molecule has 0 aromatic heterocycles. The molecule has 0 aromatic rings. The van der Waals surface area contributed by atoms with E-state index in [4.69, 9.17) is 9.84 Å². The third-order valence-corrected chi connectivity index (χ3v) is 4.33. The van der Waals surface area contributed by atoms with Gasteiger partial charge >= 0.3 is 5.97 Å². The van der Waals surface area contributed by atoms with Gasteiger partial charge in [-0.2, -0.15) is 0 Å². The van der Waals surface area contributed by atoms with Gasteiger partial charge in [0.25, 0.3) is 0 Å². The number of hydrogen-bond donors (Lipinski definition) is 2. The molecule has 0 bridgehead atoms. The fourth-order valence-electron chi connectivity index (χ4n) is 3.02. The van der Waals surface area contributed by atoms with Crippen LogP contribution in [0.5, 0.6) is 0 Å². The molecule has 2 fully saturated rings. The van der Waals surface area contributed by atoms with Gasteiger partial charge in [0.05, 0.1) is 19.8 Å². The highest BCUT2D eigenvalue weighted by molar-refractivity contribution is 5.80. The van der Waals surface area contributed by atoms with Crippen LogP contribution in [0.15, 0.2) is 0 Å². The van der Waals surface area contributed by atoms with Crippen LogP contribution in [0.3, 0.4) is 0 Å². The molecule has 3 atom stereocenters. The summed E-state index contributed by atoms with van der Waals surface area (Å²) in [5.74, 6) is -0.493. The quantitative estimate of drug-likeness (QED) is 0.784. The Bertz CT molecular complexity index is 361. The van der Waals surface area contributed by atoms with E-state index in [9.17, 15) is 9.59 Å². The predicted molar refractivity (Wildman–Crippen MR) is 73.4 cm³/mol. The van der Waals surface area contributed by atoms with Crippen molar-refractivity contribution in [2.45, 2.75) is 44.7 Å². The molecule has 1 saturated heterocycles. The number of morpholine rings is 1. The third kappa shape index (κ3) is 3.93. The molecule has 2 N–H and O–H groups in total. The molecule has 6 heteroatoms. The summed E-state index contributed by atoms with van der Waals surface area (Å²) in [6, 6.07) is -0.473. The SMILES string of the molecule is CC1CCCCC1NC(=O)CN1CCOCC1C(=O)O. The number of carboxylic acid groups (broad SMARTS) is 1. The zero-order valence-electron chi connectivity index (χ0n) is 12.0. The molecule has 20 heavy (non-hydrogen) atoms. The molecule has 3 unspecified atom stereocenters. The van der Waals surface area contributed by atoms with E-state index in [1.807, 2.05) is 0 Å². The number of hydrogen-bond acceptors (Lipinski definition) is 4. The van der Waals surface area contributed by atoms with Crippen LogP contribution >= 0.6 is 0 Å². The molecule has 2 aliphatic rings. The summed E-state index contributed by atoms with van der Waals surface area (Å²) < 4.78 is 5.17. The minimum atomic E-state index is -0.927. The van der Waals surface area contributed by atoms with Crippen molar-refractivity contribution in [3.8, 4) is 0 Å². The van der Waals surface area contributed by atoms with Crippen LogP contribution in [0, 0.1) is 5.92 Å². The van der Waals surface area contributed by atoms with Crippen LogP contribution in [0.4, 0.5) is 0 Å². The van der Waals surface area contributed by atoms with Crippen molar-refractivity contribution in [2.75, 3.05) is 26.3 Å². The highest BCUT2D eigenvalue weighted by atomic mass is 16.5. The first-order valence-corrected chi connectivity index (χ1v) is 7.42. The molecular formula is C14H24N2O4. The Labute approximate surface area is 119 Å². The summed E-state index contributed by atoms with van der Waals surface area (Å²) >= 11 is 0. The molecule has 0 aromatic carbocycles. The van der Waals surface area contributed by atoms with Crippen molar-refractivity contribution < 1.29 is 19.4 Å². The van der Waals surface area contributed by atoms with Gasteiger partial charge in [-0.15, -0.1) is 0 Å². The Hall–Kier alpha value is -1.14. The van der Waals surface area contributed by atoms with E-state index < -0.39 is 12.0 Å². The van der Waals surface area contributed by atoms with Crippen molar-refractivity contribution >= 4 is 11.9 Å². The van der Waals surface area contributed by atoms with E-state index in [2.05, 4.69) is 12.2 Å². The summed E-state index contributed by atoms with van der Waals surface area (Å²) in [6.07, 6.45) is 4.57. The number of rotatable bonds is 4. The summed E-state index contributed by atoms with van der Waals surface area (Å²) in [4.78, 5) is 24.9. The Morgan fingerprint density at radius 3 is 2.80 bits per heavy atom. The average molecular weight is 284 g/mol. The normalized spacial score (nSPS) is 31.8. The zero-order chi connectivity index (χ0) is 14.5. The molecule has 1 aliphatic heterocycles. The molecular weight excluding hydrogens is 260 g/mol. The Morgan fingerprint density at radius 2 is 2.10 bits per heavy atom. The van der Waals surface area contributed by atoms with Crippen LogP contribution in [-0.2, 0) is 14.3 Å². The van der Waals surface area contributed by atoms with Crippen molar-refractivity contribution in [3.63, 3.8) is 0 Å². The summed E-state index contributed by atoms with van der Waals surface area (Å²) in [5, 5.41) is 12.2. The molecule has 1 amide bonds. The zero-order valence-corrected chi connectivity index (χ0v) is 12.0. The molecule has 1 saturated carbocycles. The molecule has 1 aliphatic carbocycles. The van der Waals surface area contributed by atoms with Crippen molar-refractivity contribution in [2.24, 2.45) is 5.92 Å². The summed E-state index contributed by atoms with van der Waals surface area (Å²) in [6.45, 7) is 3.44. The summed E-state index contributed by atoms with van der Waals surface area (Å²) in [7, 11) is 0. The standard InChI is InChI=1S/C14H24N2O4/c1-10-4-2-3-5-11(10)15-13(17)8-16-6-7-20-9-12(16)14(18)19/h10-12H,2-9H2,1H3,(H,15,17)(H,18,19). The van der Waals surface area contributed by atoms with Gasteiger partial charge in [0.15, 0.2) is 0 Å². The first kappa shape index (κ1) is 15.3. The molecule has 2 rings (SSSR count). The second-order valence-corrected chi connectivity index (χ2v) is 5.84. The van der Waals surface area contributed by atoms with Crippen LogP contribution in [-0.4, -0.2) is 60.3 Å². The highest BCUT2D eigenvalue weighted by Gasteiger charge is 2.31. The van der Waals surface area contributed by atoms with E-state index in [0.717, 1.165) is 19.3 Å². The van der Waals surface area contributed by atoms with Gasteiger partial charge < -0.3 is 15.2 Å². The lowest BCUT2D eigenvalue weighted by molar-refractivity contribution is -0.150. The maximum absolute atomic E-state index is 12.1. The number of nitrogens with zero attached hydrogens (tertiary/aromatic N) is 1. The van der Waals surface area contributed by atoms with E-state index in [0.29, 0.717) is 19.1 Å². The number of amides is 1. The minimum absolute atomic E-state index is 0.0723. The lowest BCUT2D eigenvalue weighted by Gasteiger charge is -2.34. The number of nitrogens with one attached hydrogen (secondary N) is 1. The molecule has 114 valence electrons. The lowest BCUT2D eigenvalue weighted by atomic mass is 9.86. The highest BCUT2D eigenvalue weighted by Crippen LogP contribution is 2.23. The maximum Gasteiger partial charge on any atom is 0.323 e. The van der Waals surface area contributed by atoms with Gasteiger partial charge in [-0.1, -0.05) is 19.8 Å². The second kappa shape index (κ2) is 7.04. The number of ether oxygens (including phenoxy) is 1. The van der Waals surface area contributed by atoms with Crippen LogP contribution in [0.25, 0.3) is 0 Å². The van der Waals surface area contributed by atoms with Crippen molar-refractivity contribution in [3.05, 3.63) is 0 Å². The summed E-state index contributed by atoms with van der Waals surface area (Å²) in [5.41, 5.74) is 0. The minimum Gasteiger partial charge on any atom is -0.480 e. The van der Waals surface area contributed by atoms with Gasteiger partial charge in [0.2, 0.25) is 5.91 Å². The van der Waals surface area contributed by atoms with Gasteiger partial charge in [-0.3, -0.25) is 14.5 Å². The smallest absolute Gasteiger partial charge is 0.323 e. The number of carbonyl (C=O) groups is 2. The maximum atomic E-state index is 12.1. The van der Waals surface area contributed by atoms with Gasteiger partial charge in [-0.25, -0.2) is 0 Å². The topological polar surface area (TPSA) is 78.9 Å². The van der Waals surface area contributed by atoms with Gasteiger partial charge in [0.1, 0.15) is 6.04 Å². The van der Waals surface area contributed by atoms with Crippen molar-refractivity contribution in [1.29, 1.82) is 0 Å². The van der Waals surface area contributed by atoms with E-state index in [1.54, 1.807) is 4.90 Å². The predicted octanol–water partition coefficient (Wildman–Crippen LogP) is 0.467. The number of carbonyl (C=O) groups excluding carboxylic acids is 1. The van der Waals surface area contributed by atoms with Crippen LogP contribution in [0.2, 0.25) is 0 Å². The lowest BCUT2D eigenvalue weighted by Crippen LogP contribution is -2.54. The monoisotopic (exact) mass is 284 g/mol. The first-order valence-electron chi connectivity index (χ1n) is 7.42. The second-order valence-electron chi connectivity index (χ2n) is 5.84. The third-order valence-electron chi connectivity index (χ3n) is 4.33. The van der Waals surface area contributed by atoms with E-state index in [-0.39, 0.29) is 25.1 Å². The Kier molecular flexibility index (Phi) is 5.37. The largest absolute Gasteiger partial charge is 0.480 e. The van der Waals surface area contributed by atoms with Crippen LogP contribution in [0.1, 0.15) is 32.6 Å². The Morgan fingerprint density at radius 1 is 1.35 bits per heavy atom. The number of aliphatic carboxylic acids is 1. The fourth-order valence-corrected chi connectivity index (χ4v) is 3.02. The molecule has 0 radical (unpaired) electrons. The molecule has 1 heterocycles. The van der Waals surface area contributed by atoms with Crippen LogP contribution < -0.4 is 5.32 Å². The van der Waals surface area contributed by atoms with Gasteiger partial charge in [0, 0.05) is 12.6 Å². The Balaban J connectivity index is 1.84. The van der Waals surface area contributed by atoms with Crippen molar-refractivity contribution in [1.82, 2.24) is 10.2 Å². The van der Waals surface area contributed by atoms with Gasteiger partial charge in [-0.05, 0) is 18.8 Å². The molecule has 6 nitrogen and oxygen atoms in total. The average Bonchev–Trinajstić information content (AvgIpc) is 2.41.